The highest BCUT2D eigenvalue weighted by Gasteiger charge is 2.33. The Labute approximate surface area is 169 Å². The van der Waals surface area contributed by atoms with E-state index in [4.69, 9.17) is 13.9 Å². The van der Waals surface area contributed by atoms with Gasteiger partial charge in [0, 0.05) is 17.5 Å². The SMILES string of the molecule is CCOC(=O)[C@H]1CCCCN1C(=O)COC(=O)Cc1coc2cc(C)c(C)cc12. The highest BCUT2D eigenvalue weighted by Crippen LogP contribution is 2.25. The summed E-state index contributed by atoms with van der Waals surface area (Å²) in [6.07, 6.45) is 3.81. The topological polar surface area (TPSA) is 86.0 Å². The van der Waals surface area contributed by atoms with Crippen molar-refractivity contribution >= 4 is 28.8 Å². The van der Waals surface area contributed by atoms with Crippen molar-refractivity contribution < 1.29 is 28.3 Å². The lowest BCUT2D eigenvalue weighted by molar-refractivity contribution is -0.160. The number of fused-ring (bicyclic) bond motifs is 1. The van der Waals surface area contributed by atoms with Crippen molar-refractivity contribution in [3.8, 4) is 0 Å². The Kier molecular flexibility index (Phi) is 6.56. The molecule has 0 unspecified atom stereocenters. The zero-order chi connectivity index (χ0) is 21.0. The summed E-state index contributed by atoms with van der Waals surface area (Å²) >= 11 is 0. The van der Waals surface area contributed by atoms with E-state index in [0.717, 1.165) is 40.5 Å². The average molecular weight is 401 g/mol. The number of piperidine rings is 1. The maximum absolute atomic E-state index is 12.5. The predicted octanol–water partition coefficient (Wildman–Crippen LogP) is 3.08. The van der Waals surface area contributed by atoms with Crippen LogP contribution in [0.2, 0.25) is 0 Å². The van der Waals surface area contributed by atoms with Crippen LogP contribution in [0.25, 0.3) is 11.0 Å². The predicted molar refractivity (Wildman–Crippen MR) is 106 cm³/mol. The fraction of sp³-hybridized carbons (Fsp3) is 0.500. The molecule has 7 nitrogen and oxygen atoms in total. The van der Waals surface area contributed by atoms with E-state index in [1.54, 1.807) is 13.2 Å². The van der Waals surface area contributed by atoms with Crippen LogP contribution in [-0.2, 0) is 30.3 Å². The number of carbonyl (C=O) groups is 3. The Balaban J connectivity index is 1.59. The maximum Gasteiger partial charge on any atom is 0.328 e. The van der Waals surface area contributed by atoms with Gasteiger partial charge in [-0.25, -0.2) is 4.79 Å². The molecule has 1 amide bonds. The third kappa shape index (κ3) is 4.78. The molecule has 1 aromatic carbocycles. The molecular weight excluding hydrogens is 374 g/mol. The third-order valence-corrected chi connectivity index (χ3v) is 5.34. The second-order valence-electron chi connectivity index (χ2n) is 7.38. The van der Waals surface area contributed by atoms with Crippen LogP contribution in [0.15, 0.2) is 22.8 Å². The number of hydrogen-bond acceptors (Lipinski definition) is 6. The molecule has 0 saturated carbocycles. The Morgan fingerprint density at radius 3 is 2.66 bits per heavy atom. The minimum absolute atomic E-state index is 0.0179. The summed E-state index contributed by atoms with van der Waals surface area (Å²) < 4.78 is 15.8. The standard InChI is InChI=1S/C22H27NO6/c1-4-27-22(26)18-7-5-6-8-23(18)20(24)13-29-21(25)11-16-12-28-19-10-15(3)14(2)9-17(16)19/h9-10,12,18H,4-8,11,13H2,1-3H3/t18-/m1/s1. The first kappa shape index (κ1) is 20.9. The first-order valence-corrected chi connectivity index (χ1v) is 9.99. The first-order chi connectivity index (χ1) is 13.9. The van der Waals surface area contributed by atoms with Crippen LogP contribution in [0.1, 0.15) is 42.9 Å². The van der Waals surface area contributed by atoms with E-state index in [1.165, 1.54) is 4.90 Å². The minimum atomic E-state index is -0.598. The number of benzene rings is 1. The summed E-state index contributed by atoms with van der Waals surface area (Å²) in [5, 5.41) is 0.870. The van der Waals surface area contributed by atoms with Gasteiger partial charge in [-0.3, -0.25) is 9.59 Å². The molecule has 0 radical (unpaired) electrons. The number of nitrogens with zero attached hydrogens (tertiary/aromatic N) is 1. The van der Waals surface area contributed by atoms with Gasteiger partial charge in [-0.2, -0.15) is 0 Å². The fourth-order valence-corrected chi connectivity index (χ4v) is 3.62. The maximum atomic E-state index is 12.5. The molecule has 1 aliphatic rings. The Morgan fingerprint density at radius 2 is 1.90 bits per heavy atom. The van der Waals surface area contributed by atoms with Crippen LogP contribution in [0.3, 0.4) is 0 Å². The molecule has 0 bridgehead atoms. The van der Waals surface area contributed by atoms with Crippen molar-refractivity contribution in [3.05, 3.63) is 35.1 Å². The smallest absolute Gasteiger partial charge is 0.328 e. The van der Waals surface area contributed by atoms with E-state index in [1.807, 2.05) is 26.0 Å². The monoisotopic (exact) mass is 401 g/mol. The molecule has 7 heteroatoms. The molecule has 1 fully saturated rings. The van der Waals surface area contributed by atoms with E-state index in [-0.39, 0.29) is 25.5 Å². The number of esters is 2. The quantitative estimate of drug-likeness (QED) is 0.692. The van der Waals surface area contributed by atoms with Crippen molar-refractivity contribution in [3.63, 3.8) is 0 Å². The highest BCUT2D eigenvalue weighted by atomic mass is 16.5. The van der Waals surface area contributed by atoms with Gasteiger partial charge in [0.1, 0.15) is 11.6 Å². The zero-order valence-corrected chi connectivity index (χ0v) is 17.2. The number of amides is 1. The molecule has 156 valence electrons. The van der Waals surface area contributed by atoms with Crippen molar-refractivity contribution in [2.45, 2.75) is 52.5 Å². The molecule has 1 atom stereocenters. The first-order valence-electron chi connectivity index (χ1n) is 9.99. The third-order valence-electron chi connectivity index (χ3n) is 5.34. The van der Waals surface area contributed by atoms with Crippen LogP contribution < -0.4 is 0 Å². The molecule has 0 aliphatic carbocycles. The zero-order valence-electron chi connectivity index (χ0n) is 17.2. The van der Waals surface area contributed by atoms with Gasteiger partial charge in [-0.05, 0) is 63.3 Å². The number of aryl methyl sites for hydroxylation is 2. The summed E-state index contributed by atoms with van der Waals surface area (Å²) in [7, 11) is 0. The van der Waals surface area contributed by atoms with Gasteiger partial charge in [0.2, 0.25) is 0 Å². The second kappa shape index (κ2) is 9.11. The molecule has 1 aliphatic heterocycles. The fourth-order valence-electron chi connectivity index (χ4n) is 3.62. The summed E-state index contributed by atoms with van der Waals surface area (Å²) in [6.45, 7) is 6.08. The average Bonchev–Trinajstić information content (AvgIpc) is 3.08. The van der Waals surface area contributed by atoms with Gasteiger partial charge < -0.3 is 18.8 Å². The van der Waals surface area contributed by atoms with E-state index in [9.17, 15) is 14.4 Å². The van der Waals surface area contributed by atoms with Crippen molar-refractivity contribution in [2.75, 3.05) is 19.8 Å². The van der Waals surface area contributed by atoms with Gasteiger partial charge >= 0.3 is 11.9 Å². The Bertz CT molecular complexity index is 915. The summed E-state index contributed by atoms with van der Waals surface area (Å²) in [5.41, 5.74) is 3.67. The minimum Gasteiger partial charge on any atom is -0.464 e. The van der Waals surface area contributed by atoms with Crippen LogP contribution in [0.5, 0.6) is 0 Å². The number of likely N-dealkylation sites (tertiary alicyclic amines) is 1. The van der Waals surface area contributed by atoms with Gasteiger partial charge in [0.25, 0.3) is 5.91 Å². The Hall–Kier alpha value is -2.83. The summed E-state index contributed by atoms with van der Waals surface area (Å²) in [6, 6.07) is 3.33. The van der Waals surface area contributed by atoms with Gasteiger partial charge in [-0.1, -0.05) is 0 Å². The van der Waals surface area contributed by atoms with Crippen molar-refractivity contribution in [2.24, 2.45) is 0 Å². The largest absolute Gasteiger partial charge is 0.464 e. The van der Waals surface area contributed by atoms with Crippen molar-refractivity contribution in [1.82, 2.24) is 4.90 Å². The number of ether oxygens (including phenoxy) is 2. The van der Waals surface area contributed by atoms with E-state index in [0.29, 0.717) is 13.0 Å². The van der Waals surface area contributed by atoms with E-state index in [2.05, 4.69) is 0 Å². The molecular formula is C22H27NO6. The van der Waals surface area contributed by atoms with E-state index >= 15 is 0 Å². The lowest BCUT2D eigenvalue weighted by Crippen LogP contribution is -2.50. The second-order valence-corrected chi connectivity index (χ2v) is 7.38. The van der Waals surface area contributed by atoms with Crippen LogP contribution in [0.4, 0.5) is 0 Å². The number of rotatable bonds is 6. The van der Waals surface area contributed by atoms with Gasteiger partial charge in [0.15, 0.2) is 6.61 Å². The molecule has 1 aromatic heterocycles. The highest BCUT2D eigenvalue weighted by molar-refractivity contribution is 5.89. The molecule has 1 saturated heterocycles. The molecule has 0 N–H and O–H groups in total. The van der Waals surface area contributed by atoms with Crippen molar-refractivity contribution in [1.29, 1.82) is 0 Å². The van der Waals surface area contributed by atoms with E-state index < -0.39 is 18.0 Å². The number of furan rings is 1. The molecule has 2 aromatic rings. The summed E-state index contributed by atoms with van der Waals surface area (Å²) in [5.74, 6) is -1.29. The summed E-state index contributed by atoms with van der Waals surface area (Å²) in [4.78, 5) is 38.4. The lowest BCUT2D eigenvalue weighted by atomic mass is 10.0. The number of hydrogen-bond donors (Lipinski definition) is 0. The molecule has 3 rings (SSSR count). The normalized spacial score (nSPS) is 16.7. The number of carbonyl (C=O) groups excluding carboxylic acids is 3. The molecule has 0 spiro atoms. The Morgan fingerprint density at radius 1 is 1.14 bits per heavy atom. The van der Waals surface area contributed by atoms with Crippen LogP contribution in [-0.4, -0.2) is 48.5 Å². The molecule has 2 heterocycles. The van der Waals surface area contributed by atoms with Gasteiger partial charge in [0.05, 0.1) is 19.3 Å². The molecule has 29 heavy (non-hydrogen) atoms. The van der Waals surface area contributed by atoms with Crippen LogP contribution >= 0.6 is 0 Å². The van der Waals surface area contributed by atoms with Crippen LogP contribution in [0, 0.1) is 13.8 Å². The lowest BCUT2D eigenvalue weighted by Gasteiger charge is -2.33. The van der Waals surface area contributed by atoms with Gasteiger partial charge in [-0.15, -0.1) is 0 Å².